The number of amides is 1. The van der Waals surface area contributed by atoms with Gasteiger partial charge in [-0.3, -0.25) is 9.78 Å². The monoisotopic (exact) mass is 618 g/mol. The van der Waals surface area contributed by atoms with Gasteiger partial charge in [-0.2, -0.15) is 0 Å². The van der Waals surface area contributed by atoms with Gasteiger partial charge in [-0.05, 0) is 107 Å². The SMILES string of the molecule is Cc1oc(-c2ccc(C(=O)NCc3cccnc3)cc2)nc1CS(=O)(=O)c1ccc(CCC(C)(C)OCCC(C)(C)N)cc1. The van der Waals surface area contributed by atoms with E-state index in [2.05, 4.69) is 29.1 Å². The zero-order valence-corrected chi connectivity index (χ0v) is 26.9. The first kappa shape index (κ1) is 33.0. The number of carbonyl (C=O) groups excluding carboxylic acids is 1. The molecular weight excluding hydrogens is 576 g/mol. The number of oxazole rings is 1. The van der Waals surface area contributed by atoms with Gasteiger partial charge in [0.05, 0.1) is 16.2 Å². The number of sulfone groups is 1. The maximum atomic E-state index is 13.3. The van der Waals surface area contributed by atoms with Crippen molar-refractivity contribution in [2.75, 3.05) is 6.61 Å². The molecule has 2 aromatic carbocycles. The fourth-order valence-corrected chi connectivity index (χ4v) is 5.82. The molecular formula is C34H42N4O5S. The second kappa shape index (κ2) is 13.8. The van der Waals surface area contributed by atoms with E-state index in [9.17, 15) is 13.2 Å². The molecule has 0 spiro atoms. The maximum absolute atomic E-state index is 13.3. The van der Waals surface area contributed by atoms with E-state index >= 15 is 0 Å². The third-order valence-corrected chi connectivity index (χ3v) is 8.97. The van der Waals surface area contributed by atoms with Crippen molar-refractivity contribution in [1.29, 1.82) is 0 Å². The standard InChI is InChI=1S/C34H42N4O5S/c1-24-30(38-32(43-24)28-12-10-27(11-13-28)31(39)37-22-26-7-6-19-36-21-26)23-44(40,41)29-14-8-25(9-15-29)16-17-34(4,5)42-20-18-33(2,3)35/h6-15,19,21H,16-18,20,22-23,35H2,1-5H3,(H,37,39). The first-order chi connectivity index (χ1) is 20.7. The third-order valence-electron chi connectivity index (χ3n) is 7.33. The molecule has 3 N–H and O–H groups in total. The Labute approximate surface area is 260 Å². The van der Waals surface area contributed by atoms with Crippen LogP contribution in [0.5, 0.6) is 0 Å². The van der Waals surface area contributed by atoms with Gasteiger partial charge in [-0.15, -0.1) is 0 Å². The summed E-state index contributed by atoms with van der Waals surface area (Å²) in [6.45, 7) is 10.7. The van der Waals surface area contributed by atoms with E-state index in [1.165, 1.54) is 0 Å². The molecule has 234 valence electrons. The second-order valence-electron chi connectivity index (χ2n) is 12.4. The number of hydrogen-bond donors (Lipinski definition) is 2. The zero-order chi connectivity index (χ0) is 32.0. The molecule has 0 aliphatic rings. The summed E-state index contributed by atoms with van der Waals surface area (Å²) in [4.78, 5) is 21.3. The van der Waals surface area contributed by atoms with Crippen molar-refractivity contribution in [2.24, 2.45) is 5.73 Å². The van der Waals surface area contributed by atoms with Gasteiger partial charge in [0.25, 0.3) is 5.91 Å². The van der Waals surface area contributed by atoms with E-state index in [0.29, 0.717) is 41.6 Å². The normalized spacial score (nSPS) is 12.3. The van der Waals surface area contributed by atoms with E-state index in [1.54, 1.807) is 55.7 Å². The summed E-state index contributed by atoms with van der Waals surface area (Å²) in [5.41, 5.74) is 8.88. The highest BCUT2D eigenvalue weighted by Gasteiger charge is 2.23. The van der Waals surface area contributed by atoms with Crippen molar-refractivity contribution >= 4 is 15.7 Å². The lowest BCUT2D eigenvalue weighted by Crippen LogP contribution is -2.35. The Kier molecular flexibility index (Phi) is 10.4. The average molecular weight is 619 g/mol. The van der Waals surface area contributed by atoms with Crippen LogP contribution in [0.15, 0.2) is 82.4 Å². The van der Waals surface area contributed by atoms with Crippen molar-refractivity contribution in [3.8, 4) is 11.5 Å². The van der Waals surface area contributed by atoms with Crippen LogP contribution in [0.4, 0.5) is 0 Å². The third kappa shape index (κ3) is 9.57. The number of nitrogens with zero attached hydrogens (tertiary/aromatic N) is 2. The van der Waals surface area contributed by atoms with Crippen molar-refractivity contribution in [1.82, 2.24) is 15.3 Å². The first-order valence-corrected chi connectivity index (χ1v) is 16.3. The molecule has 0 aliphatic carbocycles. The summed E-state index contributed by atoms with van der Waals surface area (Å²) >= 11 is 0. The largest absolute Gasteiger partial charge is 0.441 e. The van der Waals surface area contributed by atoms with Crippen LogP contribution in [0, 0.1) is 6.92 Å². The summed E-state index contributed by atoms with van der Waals surface area (Å²) < 4.78 is 38.4. The van der Waals surface area contributed by atoms with E-state index in [0.717, 1.165) is 30.4 Å². The van der Waals surface area contributed by atoms with Gasteiger partial charge in [0.2, 0.25) is 5.89 Å². The Bertz CT molecular complexity index is 1640. The number of nitrogens with one attached hydrogen (secondary N) is 1. The number of benzene rings is 2. The second-order valence-corrected chi connectivity index (χ2v) is 14.4. The van der Waals surface area contributed by atoms with Crippen LogP contribution >= 0.6 is 0 Å². The quantitative estimate of drug-likeness (QED) is 0.181. The van der Waals surface area contributed by atoms with Crippen molar-refractivity contribution in [3.05, 3.63) is 101 Å². The molecule has 0 aliphatic heterocycles. The van der Waals surface area contributed by atoms with E-state index < -0.39 is 9.84 Å². The molecule has 0 radical (unpaired) electrons. The number of pyridine rings is 1. The molecule has 10 heteroatoms. The van der Waals surface area contributed by atoms with E-state index in [-0.39, 0.29) is 27.7 Å². The topological polar surface area (TPSA) is 137 Å². The first-order valence-electron chi connectivity index (χ1n) is 14.7. The summed E-state index contributed by atoms with van der Waals surface area (Å²) in [5.74, 6) is 0.226. The van der Waals surface area contributed by atoms with Crippen molar-refractivity contribution in [2.45, 2.75) is 82.2 Å². The summed E-state index contributed by atoms with van der Waals surface area (Å²) in [6, 6.07) is 17.5. The Morgan fingerprint density at radius 3 is 2.32 bits per heavy atom. The van der Waals surface area contributed by atoms with Crippen LogP contribution in [0.3, 0.4) is 0 Å². The summed E-state index contributed by atoms with van der Waals surface area (Å²) in [7, 11) is -3.65. The molecule has 0 bridgehead atoms. The van der Waals surface area contributed by atoms with Crippen molar-refractivity contribution < 1.29 is 22.4 Å². The highest BCUT2D eigenvalue weighted by Crippen LogP contribution is 2.26. The molecule has 0 fully saturated rings. The Hall–Kier alpha value is -3.86. The minimum Gasteiger partial charge on any atom is -0.441 e. The minimum absolute atomic E-state index is 0.217. The van der Waals surface area contributed by atoms with Crippen LogP contribution in [-0.4, -0.2) is 42.0 Å². The fourth-order valence-electron chi connectivity index (χ4n) is 4.47. The Balaban J connectivity index is 1.34. The number of carbonyl (C=O) groups is 1. The number of aryl methyl sites for hydroxylation is 2. The van der Waals surface area contributed by atoms with Gasteiger partial charge in [-0.1, -0.05) is 18.2 Å². The van der Waals surface area contributed by atoms with Gasteiger partial charge in [0.1, 0.15) is 11.5 Å². The van der Waals surface area contributed by atoms with E-state index in [1.807, 2.05) is 38.1 Å². The Morgan fingerprint density at radius 2 is 1.68 bits per heavy atom. The lowest BCUT2D eigenvalue weighted by Gasteiger charge is -2.28. The molecule has 44 heavy (non-hydrogen) atoms. The molecule has 2 heterocycles. The predicted molar refractivity (Wildman–Crippen MR) is 171 cm³/mol. The van der Waals surface area contributed by atoms with Crippen LogP contribution in [0.2, 0.25) is 0 Å². The molecule has 1 amide bonds. The highest BCUT2D eigenvalue weighted by atomic mass is 32.2. The van der Waals surface area contributed by atoms with Gasteiger partial charge in [-0.25, -0.2) is 13.4 Å². The lowest BCUT2D eigenvalue weighted by molar-refractivity contribution is -0.0288. The molecule has 0 atom stereocenters. The molecule has 2 aromatic heterocycles. The molecule has 0 saturated carbocycles. The van der Waals surface area contributed by atoms with Gasteiger partial charge in [0.15, 0.2) is 9.84 Å². The number of rotatable bonds is 14. The fraction of sp³-hybridized carbons (Fsp3) is 0.382. The summed E-state index contributed by atoms with van der Waals surface area (Å²) in [6.07, 6.45) is 5.71. The number of nitrogens with two attached hydrogens (primary N) is 1. The number of aromatic nitrogens is 2. The maximum Gasteiger partial charge on any atom is 0.251 e. The summed E-state index contributed by atoms with van der Waals surface area (Å²) in [5, 5.41) is 2.86. The predicted octanol–water partition coefficient (Wildman–Crippen LogP) is 5.80. The molecule has 4 aromatic rings. The van der Waals surface area contributed by atoms with Crippen molar-refractivity contribution in [3.63, 3.8) is 0 Å². The Morgan fingerprint density at radius 1 is 0.977 bits per heavy atom. The smallest absolute Gasteiger partial charge is 0.251 e. The van der Waals surface area contributed by atoms with Gasteiger partial charge >= 0.3 is 0 Å². The number of hydrogen-bond acceptors (Lipinski definition) is 8. The molecule has 0 saturated heterocycles. The minimum atomic E-state index is -3.65. The number of ether oxygens (including phenoxy) is 1. The molecule has 4 rings (SSSR count). The molecule has 9 nitrogen and oxygen atoms in total. The molecule has 0 unspecified atom stereocenters. The highest BCUT2D eigenvalue weighted by molar-refractivity contribution is 7.90. The lowest BCUT2D eigenvalue weighted by atomic mass is 9.98. The van der Waals surface area contributed by atoms with Crippen LogP contribution in [-0.2, 0) is 33.3 Å². The average Bonchev–Trinajstić information content (AvgIpc) is 3.34. The van der Waals surface area contributed by atoms with Crippen LogP contribution < -0.4 is 11.1 Å². The van der Waals surface area contributed by atoms with E-state index in [4.69, 9.17) is 14.9 Å². The van der Waals surface area contributed by atoms with Gasteiger partial charge in [0, 0.05) is 42.2 Å². The van der Waals surface area contributed by atoms with Crippen LogP contribution in [0.1, 0.15) is 73.5 Å². The van der Waals surface area contributed by atoms with Gasteiger partial charge < -0.3 is 20.2 Å². The van der Waals surface area contributed by atoms with Crippen LogP contribution in [0.25, 0.3) is 11.5 Å². The zero-order valence-electron chi connectivity index (χ0n) is 26.1.